The fourth-order valence-electron chi connectivity index (χ4n) is 5.38. The van der Waals surface area contributed by atoms with Gasteiger partial charge in [-0.05, 0) is 61.9 Å². The molecule has 10 nitrogen and oxygen atoms in total. The van der Waals surface area contributed by atoms with Crippen molar-refractivity contribution >= 4 is 52.6 Å². The number of benzene rings is 2. The third-order valence-electron chi connectivity index (χ3n) is 7.66. The van der Waals surface area contributed by atoms with E-state index in [1.807, 2.05) is 0 Å². The number of amides is 4. The highest BCUT2D eigenvalue weighted by Crippen LogP contribution is 2.32. The predicted molar refractivity (Wildman–Crippen MR) is 158 cm³/mol. The summed E-state index contributed by atoms with van der Waals surface area (Å²) in [4.78, 5) is 66.0. The van der Waals surface area contributed by atoms with Crippen LogP contribution in [0.2, 0.25) is 10.0 Å². The summed E-state index contributed by atoms with van der Waals surface area (Å²) >= 11 is 12.0. The van der Waals surface area contributed by atoms with Crippen molar-refractivity contribution in [2.75, 3.05) is 26.2 Å². The van der Waals surface area contributed by atoms with Crippen LogP contribution >= 0.6 is 23.2 Å². The second kappa shape index (κ2) is 15.0. The topological polar surface area (TPSA) is 134 Å². The molecular weight excluding hydrogens is 640 g/mol. The van der Waals surface area contributed by atoms with Crippen LogP contribution in [0.15, 0.2) is 42.5 Å². The molecule has 2 heterocycles. The van der Waals surface area contributed by atoms with E-state index in [1.54, 1.807) is 6.07 Å². The summed E-state index contributed by atoms with van der Waals surface area (Å²) in [7, 11) is 0. The summed E-state index contributed by atoms with van der Waals surface area (Å²) < 4.78 is 45.5. The smallest absolute Gasteiger partial charge is 0.416 e. The molecule has 15 heteroatoms. The van der Waals surface area contributed by atoms with Crippen LogP contribution in [0.25, 0.3) is 0 Å². The van der Waals surface area contributed by atoms with Crippen molar-refractivity contribution in [3.05, 3.63) is 63.6 Å². The third-order valence-corrected chi connectivity index (χ3v) is 8.19. The molecule has 4 amide bonds. The van der Waals surface area contributed by atoms with Gasteiger partial charge in [-0.25, -0.2) is 0 Å². The van der Waals surface area contributed by atoms with Crippen LogP contribution in [0.1, 0.15) is 36.8 Å². The van der Waals surface area contributed by atoms with E-state index >= 15 is 0 Å². The lowest BCUT2D eigenvalue weighted by Crippen LogP contribution is -2.54. The summed E-state index contributed by atoms with van der Waals surface area (Å²) in [5.41, 5.74) is -0.904. The van der Waals surface area contributed by atoms with Gasteiger partial charge < -0.3 is 25.6 Å². The van der Waals surface area contributed by atoms with Crippen LogP contribution in [0, 0.1) is 5.92 Å². The number of alkyl halides is 3. The van der Waals surface area contributed by atoms with Crippen LogP contribution < -0.4 is 20.7 Å². The highest BCUT2D eigenvalue weighted by molar-refractivity contribution is 6.38. The minimum atomic E-state index is -4.59. The number of carbonyl (C=O) groups is 5. The maximum atomic E-state index is 13.4. The molecule has 0 radical (unpaired) electrons. The fourth-order valence-corrected chi connectivity index (χ4v) is 5.84. The Kier molecular flexibility index (Phi) is 11.3. The molecule has 0 saturated carbocycles. The van der Waals surface area contributed by atoms with Gasteiger partial charge in [0.25, 0.3) is 11.8 Å². The van der Waals surface area contributed by atoms with Crippen LogP contribution in [0.3, 0.4) is 0 Å². The summed E-state index contributed by atoms with van der Waals surface area (Å²) in [6, 6.07) is 7.02. The van der Waals surface area contributed by atoms with Crippen molar-refractivity contribution in [3.63, 3.8) is 0 Å². The molecule has 2 aliphatic rings. The molecule has 45 heavy (non-hydrogen) atoms. The Morgan fingerprint density at radius 3 is 2.53 bits per heavy atom. The van der Waals surface area contributed by atoms with E-state index in [0.717, 1.165) is 6.07 Å². The normalized spacial score (nSPS) is 18.7. The predicted octanol–water partition coefficient (Wildman–Crippen LogP) is 3.32. The number of hydrogen-bond acceptors (Lipinski definition) is 6. The average molecular weight is 672 g/mol. The number of rotatable bonds is 12. The Balaban J connectivity index is 1.39. The number of ether oxygens (including phenoxy) is 1. The molecule has 0 spiro atoms. The Morgan fingerprint density at radius 2 is 1.84 bits per heavy atom. The number of hydrogen-bond donors (Lipinski definition) is 3. The molecule has 2 aromatic rings. The first-order valence-corrected chi connectivity index (χ1v) is 15.0. The molecule has 2 saturated heterocycles. The molecule has 3 atom stereocenters. The van der Waals surface area contributed by atoms with Gasteiger partial charge in [0.05, 0.1) is 16.6 Å². The minimum absolute atomic E-state index is 0.0569. The van der Waals surface area contributed by atoms with Gasteiger partial charge in [-0.1, -0.05) is 41.4 Å². The van der Waals surface area contributed by atoms with Crippen LogP contribution in [-0.2, 0) is 36.6 Å². The Morgan fingerprint density at radius 1 is 1.09 bits per heavy atom. The molecule has 3 N–H and O–H groups in total. The average Bonchev–Trinajstić information content (AvgIpc) is 3.65. The number of nitrogens with zero attached hydrogens (tertiary/aromatic N) is 1. The Bertz CT molecular complexity index is 1460. The van der Waals surface area contributed by atoms with Gasteiger partial charge in [-0.3, -0.25) is 24.0 Å². The van der Waals surface area contributed by atoms with Crippen molar-refractivity contribution in [1.29, 1.82) is 0 Å². The zero-order chi connectivity index (χ0) is 32.7. The maximum Gasteiger partial charge on any atom is 0.416 e. The van der Waals surface area contributed by atoms with E-state index in [9.17, 15) is 37.1 Å². The highest BCUT2D eigenvalue weighted by Gasteiger charge is 2.39. The van der Waals surface area contributed by atoms with Gasteiger partial charge in [0.1, 0.15) is 11.8 Å². The van der Waals surface area contributed by atoms with Crippen molar-refractivity contribution in [2.45, 2.75) is 50.4 Å². The molecule has 0 aromatic heterocycles. The molecule has 242 valence electrons. The maximum absolute atomic E-state index is 13.4. The van der Waals surface area contributed by atoms with Crippen LogP contribution in [0.4, 0.5) is 13.2 Å². The summed E-state index contributed by atoms with van der Waals surface area (Å²) in [5, 5.41) is 8.10. The van der Waals surface area contributed by atoms with Crippen molar-refractivity contribution in [3.8, 4) is 5.75 Å². The summed E-state index contributed by atoms with van der Waals surface area (Å²) in [6.07, 6.45) is -3.78. The number of carbonyl (C=O) groups excluding carboxylic acids is 5. The zero-order valence-electron chi connectivity index (χ0n) is 23.9. The molecular formula is C30H31Cl2F3N4O6. The van der Waals surface area contributed by atoms with Crippen molar-refractivity contribution in [1.82, 2.24) is 20.9 Å². The number of ketones is 1. The zero-order valence-corrected chi connectivity index (χ0v) is 25.4. The van der Waals surface area contributed by atoms with Gasteiger partial charge in [0, 0.05) is 30.6 Å². The van der Waals surface area contributed by atoms with E-state index in [2.05, 4.69) is 16.0 Å². The Hall–Kier alpha value is -3.84. The lowest BCUT2D eigenvalue weighted by Gasteiger charge is -2.27. The van der Waals surface area contributed by atoms with Gasteiger partial charge in [0.15, 0.2) is 6.61 Å². The monoisotopic (exact) mass is 670 g/mol. The minimum Gasteiger partial charge on any atom is -0.482 e. The first kappa shape index (κ1) is 34.0. The van der Waals surface area contributed by atoms with Crippen LogP contribution in [-0.4, -0.2) is 72.6 Å². The second-order valence-electron chi connectivity index (χ2n) is 10.7. The van der Waals surface area contributed by atoms with E-state index in [4.69, 9.17) is 27.9 Å². The highest BCUT2D eigenvalue weighted by atomic mass is 35.5. The standard InChI is InChI=1S/C30H31Cl2F3N4O6/c31-19-7-8-24(21(32)15-19)45-16-25(40)39-13-3-6-23(39)28(43)38-22(14-18-10-12-36-27(18)42)26(41)29(44)37-11-9-17-4-1-2-5-20(17)30(33,34)35/h1-2,4-5,7-8,15,18,22-23H,3,6,9-14,16H2,(H,36,42)(H,37,44)(H,38,43)/t18-,22-,23-/m0/s1. The van der Waals surface area contributed by atoms with Gasteiger partial charge in [-0.2, -0.15) is 13.2 Å². The summed E-state index contributed by atoms with van der Waals surface area (Å²) in [5.74, 6) is -4.11. The lowest BCUT2D eigenvalue weighted by atomic mass is 9.95. The number of Topliss-reactive ketones (excluding diaryl/α,β-unsaturated/α-hetero) is 1. The van der Waals surface area contributed by atoms with E-state index in [-0.39, 0.29) is 54.6 Å². The molecule has 2 fully saturated rings. The second-order valence-corrected chi connectivity index (χ2v) is 11.6. The SMILES string of the molecule is O=C(NCCc1ccccc1C(F)(F)F)C(=O)[C@H](C[C@@H]1CCNC1=O)NC(=O)[C@@H]1CCCN1C(=O)COc1ccc(Cl)cc1Cl. The molecule has 4 rings (SSSR count). The quantitative estimate of drug-likeness (QED) is 0.297. The number of halogens is 5. The number of likely N-dealkylation sites (tertiary alicyclic amines) is 1. The van der Waals surface area contributed by atoms with E-state index in [1.165, 1.54) is 35.2 Å². The molecule has 2 aromatic carbocycles. The van der Waals surface area contributed by atoms with Gasteiger partial charge in [-0.15, -0.1) is 0 Å². The van der Waals surface area contributed by atoms with E-state index < -0.39 is 59.9 Å². The Labute approximate surface area is 266 Å². The third kappa shape index (κ3) is 8.88. The fraction of sp³-hybridized carbons (Fsp3) is 0.433. The number of nitrogens with one attached hydrogen (secondary N) is 3. The van der Waals surface area contributed by atoms with Crippen molar-refractivity contribution < 1.29 is 41.9 Å². The van der Waals surface area contributed by atoms with Crippen LogP contribution in [0.5, 0.6) is 5.75 Å². The molecule has 2 aliphatic heterocycles. The molecule has 0 aliphatic carbocycles. The molecule has 0 unspecified atom stereocenters. The summed E-state index contributed by atoms with van der Waals surface area (Å²) in [6.45, 7) is -0.0791. The van der Waals surface area contributed by atoms with E-state index in [0.29, 0.717) is 24.4 Å². The lowest BCUT2D eigenvalue weighted by molar-refractivity contribution is -0.143. The largest absolute Gasteiger partial charge is 0.482 e. The van der Waals surface area contributed by atoms with Gasteiger partial charge in [0.2, 0.25) is 17.6 Å². The first-order valence-electron chi connectivity index (χ1n) is 14.3. The first-order chi connectivity index (χ1) is 21.3. The van der Waals surface area contributed by atoms with Gasteiger partial charge >= 0.3 is 6.18 Å². The van der Waals surface area contributed by atoms with Crippen molar-refractivity contribution in [2.24, 2.45) is 5.92 Å². The molecule has 0 bridgehead atoms.